The standard InChI is InChI=1S/C21H11Cl2NO4S2/c22-12-2-4-13(5-3-12)24-19(25)18(30-21(24)29)10-14-6-8-17(28-14)11-1-7-16(23)15(9-11)20(26)27/h1-10H,(H,26,27). The highest BCUT2D eigenvalue weighted by Crippen LogP contribution is 2.37. The molecular formula is C21H11Cl2NO4S2. The number of carbonyl (C=O) groups excluding carboxylic acids is 1. The largest absolute Gasteiger partial charge is 0.478 e. The molecule has 1 aliphatic rings. The average Bonchev–Trinajstić information content (AvgIpc) is 3.28. The maximum absolute atomic E-state index is 12.8. The van der Waals surface area contributed by atoms with Crippen molar-refractivity contribution < 1.29 is 19.1 Å². The van der Waals surface area contributed by atoms with Gasteiger partial charge < -0.3 is 9.52 Å². The fourth-order valence-corrected chi connectivity index (χ4v) is 4.44. The number of anilines is 1. The second kappa shape index (κ2) is 8.28. The number of amides is 1. The Kier molecular flexibility index (Phi) is 5.71. The molecule has 30 heavy (non-hydrogen) atoms. The summed E-state index contributed by atoms with van der Waals surface area (Å²) in [5.74, 6) is -0.494. The molecule has 0 unspecified atom stereocenters. The number of halogens is 2. The predicted octanol–water partition coefficient (Wildman–Crippen LogP) is 6.36. The molecule has 4 rings (SSSR count). The maximum atomic E-state index is 12.8. The van der Waals surface area contributed by atoms with Crippen molar-refractivity contribution in [3.05, 3.63) is 80.9 Å². The third-order valence-corrected chi connectivity index (χ3v) is 6.14. The zero-order chi connectivity index (χ0) is 21.4. The lowest BCUT2D eigenvalue weighted by molar-refractivity contribution is -0.113. The van der Waals surface area contributed by atoms with Crippen molar-refractivity contribution in [3.63, 3.8) is 0 Å². The van der Waals surface area contributed by atoms with E-state index < -0.39 is 5.97 Å². The molecule has 0 spiro atoms. The number of hydrogen-bond acceptors (Lipinski definition) is 5. The Labute approximate surface area is 190 Å². The van der Waals surface area contributed by atoms with Crippen molar-refractivity contribution in [2.75, 3.05) is 4.90 Å². The lowest BCUT2D eigenvalue weighted by Gasteiger charge is -2.14. The molecule has 0 atom stereocenters. The minimum atomic E-state index is -1.13. The molecule has 2 aromatic carbocycles. The number of furan rings is 1. The third kappa shape index (κ3) is 4.02. The molecule has 0 aliphatic carbocycles. The number of rotatable bonds is 4. The van der Waals surface area contributed by atoms with Crippen molar-refractivity contribution in [1.82, 2.24) is 0 Å². The summed E-state index contributed by atoms with van der Waals surface area (Å²) in [5, 5.41) is 9.94. The van der Waals surface area contributed by atoms with Crippen LogP contribution in [-0.4, -0.2) is 21.3 Å². The van der Waals surface area contributed by atoms with Crippen LogP contribution >= 0.6 is 47.2 Å². The van der Waals surface area contributed by atoms with E-state index in [1.54, 1.807) is 48.5 Å². The Bertz CT molecular complexity index is 1220. The molecule has 1 aliphatic heterocycles. The SMILES string of the molecule is O=C(O)c1cc(-c2ccc(C=C3SC(=S)N(c4ccc(Cl)cc4)C3=O)o2)ccc1Cl. The van der Waals surface area contributed by atoms with Crippen LogP contribution < -0.4 is 4.90 Å². The molecule has 1 amide bonds. The van der Waals surface area contributed by atoms with Crippen LogP contribution in [0.25, 0.3) is 17.4 Å². The molecule has 9 heteroatoms. The van der Waals surface area contributed by atoms with E-state index in [1.165, 1.54) is 28.8 Å². The summed E-state index contributed by atoms with van der Waals surface area (Å²) in [6.07, 6.45) is 1.60. The molecule has 150 valence electrons. The van der Waals surface area contributed by atoms with Crippen molar-refractivity contribution >= 4 is 75.1 Å². The highest BCUT2D eigenvalue weighted by Gasteiger charge is 2.33. The van der Waals surface area contributed by atoms with Crippen LogP contribution in [0, 0.1) is 0 Å². The van der Waals surface area contributed by atoms with Crippen LogP contribution in [0.2, 0.25) is 10.0 Å². The second-order valence-electron chi connectivity index (χ2n) is 6.20. The molecule has 0 radical (unpaired) electrons. The van der Waals surface area contributed by atoms with Crippen LogP contribution in [0.15, 0.2) is 63.9 Å². The number of hydrogen-bond donors (Lipinski definition) is 1. The summed E-state index contributed by atoms with van der Waals surface area (Å²) in [6.45, 7) is 0. The first kappa shape index (κ1) is 20.7. The van der Waals surface area contributed by atoms with E-state index in [0.717, 1.165) is 0 Å². The van der Waals surface area contributed by atoms with E-state index in [0.29, 0.717) is 37.0 Å². The first-order valence-electron chi connectivity index (χ1n) is 8.50. The summed E-state index contributed by atoms with van der Waals surface area (Å²) < 4.78 is 6.20. The van der Waals surface area contributed by atoms with Crippen molar-refractivity contribution in [1.29, 1.82) is 0 Å². The van der Waals surface area contributed by atoms with E-state index in [2.05, 4.69) is 0 Å². The fourth-order valence-electron chi connectivity index (χ4n) is 2.84. The molecule has 0 saturated carbocycles. The van der Waals surface area contributed by atoms with Gasteiger partial charge in [0.05, 0.1) is 21.2 Å². The van der Waals surface area contributed by atoms with E-state index in [9.17, 15) is 14.7 Å². The van der Waals surface area contributed by atoms with Gasteiger partial charge in [-0.15, -0.1) is 0 Å². The number of thiocarbonyl (C=S) groups is 1. The minimum absolute atomic E-state index is 0.0176. The van der Waals surface area contributed by atoms with E-state index in [1.807, 2.05) is 0 Å². The predicted molar refractivity (Wildman–Crippen MR) is 123 cm³/mol. The van der Waals surface area contributed by atoms with Gasteiger partial charge in [-0.05, 0) is 54.6 Å². The number of carbonyl (C=O) groups is 2. The lowest BCUT2D eigenvalue weighted by Crippen LogP contribution is -2.27. The lowest BCUT2D eigenvalue weighted by atomic mass is 10.1. The Morgan fingerprint density at radius 3 is 2.53 bits per heavy atom. The Balaban J connectivity index is 1.61. The number of carboxylic acid groups (broad SMARTS) is 1. The van der Waals surface area contributed by atoms with Crippen molar-refractivity contribution in [2.45, 2.75) is 0 Å². The van der Waals surface area contributed by atoms with Crippen LogP contribution in [0.1, 0.15) is 16.1 Å². The molecule has 5 nitrogen and oxygen atoms in total. The summed E-state index contributed by atoms with van der Waals surface area (Å²) in [5.41, 5.74) is 1.17. The number of thioether (sulfide) groups is 1. The zero-order valence-corrected chi connectivity index (χ0v) is 18.1. The molecule has 2 heterocycles. The first-order chi connectivity index (χ1) is 14.3. The molecule has 1 N–H and O–H groups in total. The Hall–Kier alpha value is -2.58. The van der Waals surface area contributed by atoms with Gasteiger partial charge >= 0.3 is 5.97 Å². The number of benzene rings is 2. The summed E-state index contributed by atoms with van der Waals surface area (Å²) >= 11 is 18.3. The van der Waals surface area contributed by atoms with Gasteiger partial charge in [0, 0.05) is 16.7 Å². The molecule has 0 bridgehead atoms. The molecule has 1 saturated heterocycles. The number of aromatic carboxylic acids is 1. The van der Waals surface area contributed by atoms with Gasteiger partial charge in [0.1, 0.15) is 11.5 Å². The van der Waals surface area contributed by atoms with Crippen LogP contribution in [0.3, 0.4) is 0 Å². The van der Waals surface area contributed by atoms with Gasteiger partial charge in [0.2, 0.25) is 0 Å². The van der Waals surface area contributed by atoms with Crippen LogP contribution in [0.4, 0.5) is 5.69 Å². The third-order valence-electron chi connectivity index (χ3n) is 4.26. The minimum Gasteiger partial charge on any atom is -0.478 e. The number of carboxylic acids is 1. The molecular weight excluding hydrogens is 465 g/mol. The highest BCUT2D eigenvalue weighted by atomic mass is 35.5. The van der Waals surface area contributed by atoms with Crippen molar-refractivity contribution in [2.24, 2.45) is 0 Å². The van der Waals surface area contributed by atoms with Gasteiger partial charge in [-0.1, -0.05) is 47.2 Å². The molecule has 1 fully saturated rings. The second-order valence-corrected chi connectivity index (χ2v) is 8.71. The zero-order valence-electron chi connectivity index (χ0n) is 15.0. The quantitative estimate of drug-likeness (QED) is 0.349. The molecule has 1 aromatic heterocycles. The smallest absolute Gasteiger partial charge is 0.337 e. The monoisotopic (exact) mass is 475 g/mol. The Morgan fingerprint density at radius 2 is 1.83 bits per heavy atom. The van der Waals surface area contributed by atoms with E-state index >= 15 is 0 Å². The maximum Gasteiger partial charge on any atom is 0.337 e. The summed E-state index contributed by atoms with van der Waals surface area (Å²) in [6, 6.07) is 14.8. The highest BCUT2D eigenvalue weighted by molar-refractivity contribution is 8.27. The average molecular weight is 476 g/mol. The van der Waals surface area contributed by atoms with Gasteiger partial charge in [-0.2, -0.15) is 0 Å². The topological polar surface area (TPSA) is 70.8 Å². The van der Waals surface area contributed by atoms with Crippen molar-refractivity contribution in [3.8, 4) is 11.3 Å². The van der Waals surface area contributed by atoms with Gasteiger partial charge in [0.25, 0.3) is 5.91 Å². The van der Waals surface area contributed by atoms with Crippen LogP contribution in [0.5, 0.6) is 0 Å². The Morgan fingerprint density at radius 1 is 1.10 bits per heavy atom. The van der Waals surface area contributed by atoms with Gasteiger partial charge in [-0.25, -0.2) is 4.79 Å². The normalized spacial score (nSPS) is 15.3. The number of nitrogens with zero attached hydrogens (tertiary/aromatic N) is 1. The summed E-state index contributed by atoms with van der Waals surface area (Å²) in [7, 11) is 0. The van der Waals surface area contributed by atoms with Gasteiger partial charge in [-0.3, -0.25) is 9.69 Å². The van der Waals surface area contributed by atoms with E-state index in [-0.39, 0.29) is 16.5 Å². The molecule has 3 aromatic rings. The van der Waals surface area contributed by atoms with E-state index in [4.69, 9.17) is 39.8 Å². The fraction of sp³-hybridized carbons (Fsp3) is 0. The van der Waals surface area contributed by atoms with Gasteiger partial charge in [0.15, 0.2) is 4.32 Å². The summed E-state index contributed by atoms with van der Waals surface area (Å²) in [4.78, 5) is 26.0. The first-order valence-corrected chi connectivity index (χ1v) is 10.5. The van der Waals surface area contributed by atoms with Crippen LogP contribution in [-0.2, 0) is 4.79 Å².